The third-order valence-corrected chi connectivity index (χ3v) is 5.46. The molecule has 0 saturated carbocycles. The minimum atomic E-state index is 0.263. The van der Waals surface area contributed by atoms with Gasteiger partial charge in [-0.05, 0) is 69.0 Å². The summed E-state index contributed by atoms with van der Waals surface area (Å²) in [6, 6.07) is 12.5. The SMILES string of the molecule is CCCCCCCCc1ccc(-c2ccc(OC(C)CCCCCC)cc2)nn1. The number of ether oxygens (including phenoxy) is 1. The summed E-state index contributed by atoms with van der Waals surface area (Å²) < 4.78 is 6.05. The van der Waals surface area contributed by atoms with E-state index in [2.05, 4.69) is 55.2 Å². The maximum Gasteiger partial charge on any atom is 0.119 e. The first-order valence-corrected chi connectivity index (χ1v) is 11.8. The van der Waals surface area contributed by atoms with Gasteiger partial charge in [0.1, 0.15) is 5.75 Å². The summed E-state index contributed by atoms with van der Waals surface area (Å²) in [6.07, 6.45) is 15.4. The number of hydrogen-bond acceptors (Lipinski definition) is 3. The Morgan fingerprint density at radius 3 is 2.03 bits per heavy atom. The first-order valence-electron chi connectivity index (χ1n) is 11.8. The van der Waals surface area contributed by atoms with Crippen LogP contribution in [0.15, 0.2) is 36.4 Å². The van der Waals surface area contributed by atoms with E-state index < -0.39 is 0 Å². The summed E-state index contributed by atoms with van der Waals surface area (Å²) in [5.41, 5.74) is 3.11. The second-order valence-electron chi connectivity index (χ2n) is 8.23. The molecule has 0 radical (unpaired) electrons. The minimum absolute atomic E-state index is 0.263. The summed E-state index contributed by atoms with van der Waals surface area (Å²) in [5, 5.41) is 8.86. The van der Waals surface area contributed by atoms with Gasteiger partial charge in [-0.3, -0.25) is 0 Å². The molecule has 0 aliphatic rings. The van der Waals surface area contributed by atoms with Gasteiger partial charge in [-0.1, -0.05) is 65.2 Å². The maximum absolute atomic E-state index is 6.05. The van der Waals surface area contributed by atoms with Crippen molar-refractivity contribution in [1.82, 2.24) is 10.2 Å². The molecule has 3 nitrogen and oxygen atoms in total. The maximum atomic E-state index is 6.05. The molecule has 0 aliphatic carbocycles. The van der Waals surface area contributed by atoms with E-state index in [0.29, 0.717) is 0 Å². The quantitative estimate of drug-likeness (QED) is 0.288. The molecule has 0 amide bonds. The minimum Gasteiger partial charge on any atom is -0.491 e. The summed E-state index contributed by atoms with van der Waals surface area (Å²) in [7, 11) is 0. The predicted molar refractivity (Wildman–Crippen MR) is 123 cm³/mol. The van der Waals surface area contributed by atoms with Crippen LogP contribution in [0.1, 0.15) is 97.1 Å². The van der Waals surface area contributed by atoms with Gasteiger partial charge in [0.2, 0.25) is 0 Å². The van der Waals surface area contributed by atoms with E-state index in [9.17, 15) is 0 Å². The fourth-order valence-electron chi connectivity index (χ4n) is 3.59. The first-order chi connectivity index (χ1) is 14.2. The van der Waals surface area contributed by atoms with Crippen molar-refractivity contribution in [1.29, 1.82) is 0 Å². The number of rotatable bonds is 15. The molecular weight excluding hydrogens is 356 g/mol. The Bertz CT molecular complexity index is 651. The lowest BCUT2D eigenvalue weighted by molar-refractivity contribution is 0.206. The summed E-state index contributed by atoms with van der Waals surface area (Å²) in [5.74, 6) is 0.935. The Labute approximate surface area is 178 Å². The lowest BCUT2D eigenvalue weighted by atomic mass is 10.1. The lowest BCUT2D eigenvalue weighted by Gasteiger charge is -2.15. The topological polar surface area (TPSA) is 35.0 Å². The molecule has 160 valence electrons. The van der Waals surface area contributed by atoms with Crippen molar-refractivity contribution in [2.45, 2.75) is 104 Å². The molecule has 1 unspecified atom stereocenters. The van der Waals surface area contributed by atoms with Crippen LogP contribution in [0, 0.1) is 0 Å². The number of aromatic nitrogens is 2. The zero-order valence-corrected chi connectivity index (χ0v) is 18.8. The van der Waals surface area contributed by atoms with Crippen LogP contribution < -0.4 is 4.74 Å². The standard InChI is InChI=1S/C26H40N2O/c1-4-6-8-10-11-13-15-24-18-21-26(28-27-24)23-16-19-25(20-17-23)29-22(3)14-12-9-7-5-2/h16-22H,4-15H2,1-3H3. The van der Waals surface area contributed by atoms with Crippen LogP contribution in [0.4, 0.5) is 0 Å². The molecule has 0 fully saturated rings. The van der Waals surface area contributed by atoms with Gasteiger partial charge in [-0.25, -0.2) is 0 Å². The molecule has 0 bridgehead atoms. The Morgan fingerprint density at radius 1 is 0.724 bits per heavy atom. The van der Waals surface area contributed by atoms with Crippen molar-refractivity contribution >= 4 is 0 Å². The number of unbranched alkanes of at least 4 members (excludes halogenated alkanes) is 8. The van der Waals surface area contributed by atoms with E-state index in [0.717, 1.165) is 35.5 Å². The molecule has 29 heavy (non-hydrogen) atoms. The Morgan fingerprint density at radius 2 is 1.38 bits per heavy atom. The van der Waals surface area contributed by atoms with Crippen molar-refractivity contribution in [2.75, 3.05) is 0 Å². The highest BCUT2D eigenvalue weighted by atomic mass is 16.5. The molecule has 3 heteroatoms. The number of benzene rings is 1. The highest BCUT2D eigenvalue weighted by Crippen LogP contribution is 2.22. The predicted octanol–water partition coefficient (Wildman–Crippen LogP) is 7.78. The number of aryl methyl sites for hydroxylation is 1. The third-order valence-electron chi connectivity index (χ3n) is 5.46. The second-order valence-corrected chi connectivity index (χ2v) is 8.23. The van der Waals surface area contributed by atoms with Gasteiger partial charge in [-0.15, -0.1) is 0 Å². The molecule has 0 spiro atoms. The van der Waals surface area contributed by atoms with Crippen LogP contribution in [0.2, 0.25) is 0 Å². The monoisotopic (exact) mass is 396 g/mol. The highest BCUT2D eigenvalue weighted by molar-refractivity contribution is 5.59. The molecule has 2 rings (SSSR count). The van der Waals surface area contributed by atoms with Crippen LogP contribution in [-0.2, 0) is 6.42 Å². The van der Waals surface area contributed by atoms with E-state index in [1.807, 2.05) is 12.1 Å². The third kappa shape index (κ3) is 9.43. The van der Waals surface area contributed by atoms with Crippen LogP contribution >= 0.6 is 0 Å². The largest absolute Gasteiger partial charge is 0.491 e. The second kappa shape index (κ2) is 14.1. The highest BCUT2D eigenvalue weighted by Gasteiger charge is 2.06. The van der Waals surface area contributed by atoms with Gasteiger partial charge in [0.05, 0.1) is 17.5 Å². The zero-order valence-electron chi connectivity index (χ0n) is 18.8. The van der Waals surface area contributed by atoms with E-state index >= 15 is 0 Å². The molecular formula is C26H40N2O. The van der Waals surface area contributed by atoms with Gasteiger partial charge >= 0.3 is 0 Å². The average molecular weight is 397 g/mol. The van der Waals surface area contributed by atoms with Crippen molar-refractivity contribution in [2.24, 2.45) is 0 Å². The average Bonchev–Trinajstić information content (AvgIpc) is 2.75. The van der Waals surface area contributed by atoms with Crippen LogP contribution in [0.25, 0.3) is 11.3 Å². The Hall–Kier alpha value is -1.90. The Balaban J connectivity index is 1.76. The first kappa shape index (κ1) is 23.4. The van der Waals surface area contributed by atoms with Gasteiger partial charge in [0.25, 0.3) is 0 Å². The van der Waals surface area contributed by atoms with E-state index in [1.54, 1.807) is 0 Å². The van der Waals surface area contributed by atoms with Gasteiger partial charge in [0, 0.05) is 5.56 Å². The normalized spacial score (nSPS) is 12.1. The molecule has 1 aromatic carbocycles. The van der Waals surface area contributed by atoms with Crippen LogP contribution in [-0.4, -0.2) is 16.3 Å². The number of nitrogens with zero attached hydrogens (tertiary/aromatic N) is 2. The fraction of sp³-hybridized carbons (Fsp3) is 0.615. The smallest absolute Gasteiger partial charge is 0.119 e. The van der Waals surface area contributed by atoms with Gasteiger partial charge < -0.3 is 4.74 Å². The van der Waals surface area contributed by atoms with E-state index in [4.69, 9.17) is 4.74 Å². The summed E-state index contributed by atoms with van der Waals surface area (Å²) in [4.78, 5) is 0. The summed E-state index contributed by atoms with van der Waals surface area (Å²) in [6.45, 7) is 6.66. The van der Waals surface area contributed by atoms with E-state index in [1.165, 1.54) is 64.2 Å². The molecule has 1 atom stereocenters. The van der Waals surface area contributed by atoms with Crippen LogP contribution in [0.5, 0.6) is 5.75 Å². The van der Waals surface area contributed by atoms with Gasteiger partial charge in [-0.2, -0.15) is 10.2 Å². The molecule has 1 heterocycles. The van der Waals surface area contributed by atoms with Crippen molar-refractivity contribution in [3.8, 4) is 17.0 Å². The summed E-state index contributed by atoms with van der Waals surface area (Å²) >= 11 is 0. The number of hydrogen-bond donors (Lipinski definition) is 0. The molecule has 0 N–H and O–H groups in total. The fourth-order valence-corrected chi connectivity index (χ4v) is 3.59. The Kier molecular flexibility index (Phi) is 11.4. The van der Waals surface area contributed by atoms with E-state index in [-0.39, 0.29) is 6.10 Å². The van der Waals surface area contributed by atoms with Crippen molar-refractivity contribution < 1.29 is 4.74 Å². The lowest BCUT2D eigenvalue weighted by Crippen LogP contribution is -2.11. The van der Waals surface area contributed by atoms with Gasteiger partial charge in [0.15, 0.2) is 0 Å². The molecule has 1 aromatic heterocycles. The van der Waals surface area contributed by atoms with Crippen LogP contribution in [0.3, 0.4) is 0 Å². The molecule has 0 aliphatic heterocycles. The molecule has 2 aromatic rings. The zero-order chi connectivity index (χ0) is 20.7. The van der Waals surface area contributed by atoms with Crippen molar-refractivity contribution in [3.05, 3.63) is 42.1 Å². The molecule has 0 saturated heterocycles. The van der Waals surface area contributed by atoms with Crippen molar-refractivity contribution in [3.63, 3.8) is 0 Å².